The smallest absolute Gasteiger partial charge is 0.243 e. The van der Waals surface area contributed by atoms with Crippen molar-refractivity contribution >= 4 is 26.0 Å². The first kappa shape index (κ1) is 15.9. The van der Waals surface area contributed by atoms with Crippen LogP contribution in [0.4, 0.5) is 0 Å². The second kappa shape index (κ2) is 6.88. The molecular formula is C13H16BrNO3S. The fourth-order valence-corrected chi connectivity index (χ4v) is 3.31. The fraction of sp³-hybridized carbons (Fsp3) is 0.231. The third kappa shape index (κ3) is 3.68. The molecule has 1 aromatic rings. The third-order valence-electron chi connectivity index (χ3n) is 2.43. The number of rotatable bonds is 7. The molecule has 4 nitrogen and oxygen atoms in total. The Hall–Kier alpha value is -1.11. The number of hydrogen-bond donors (Lipinski definition) is 0. The number of methoxy groups -OCH3 is 1. The summed E-state index contributed by atoms with van der Waals surface area (Å²) < 4.78 is 32.0. The predicted molar refractivity (Wildman–Crippen MR) is 79.8 cm³/mol. The maximum Gasteiger partial charge on any atom is 0.243 e. The van der Waals surface area contributed by atoms with Crippen molar-refractivity contribution in [2.75, 3.05) is 20.2 Å². The predicted octanol–water partition coefficient (Wildman–Crippen LogP) is 2.82. The van der Waals surface area contributed by atoms with E-state index in [9.17, 15) is 8.42 Å². The highest BCUT2D eigenvalue weighted by Gasteiger charge is 2.23. The van der Waals surface area contributed by atoms with Gasteiger partial charge < -0.3 is 4.74 Å². The van der Waals surface area contributed by atoms with Gasteiger partial charge in [-0.3, -0.25) is 0 Å². The van der Waals surface area contributed by atoms with Gasteiger partial charge in [0.25, 0.3) is 0 Å². The molecule has 6 heteroatoms. The van der Waals surface area contributed by atoms with Crippen LogP contribution in [0.2, 0.25) is 0 Å². The quantitative estimate of drug-likeness (QED) is 0.714. The topological polar surface area (TPSA) is 46.6 Å². The Bertz CT molecular complexity index is 559. The monoisotopic (exact) mass is 345 g/mol. The van der Waals surface area contributed by atoms with E-state index in [1.165, 1.54) is 35.7 Å². The minimum atomic E-state index is -3.58. The van der Waals surface area contributed by atoms with E-state index in [4.69, 9.17) is 4.74 Å². The molecule has 1 aromatic carbocycles. The molecule has 0 aromatic heterocycles. The summed E-state index contributed by atoms with van der Waals surface area (Å²) in [7, 11) is -2.10. The lowest BCUT2D eigenvalue weighted by Crippen LogP contribution is -2.31. The molecule has 104 valence electrons. The van der Waals surface area contributed by atoms with Crippen LogP contribution >= 0.6 is 15.9 Å². The van der Waals surface area contributed by atoms with Crippen molar-refractivity contribution in [3.8, 4) is 5.75 Å². The summed E-state index contributed by atoms with van der Waals surface area (Å²) in [6.45, 7) is 7.59. The van der Waals surface area contributed by atoms with Crippen LogP contribution in [0.1, 0.15) is 0 Å². The summed E-state index contributed by atoms with van der Waals surface area (Å²) in [6.07, 6.45) is 3.08. The normalized spacial score (nSPS) is 11.3. The van der Waals surface area contributed by atoms with Crippen molar-refractivity contribution < 1.29 is 13.2 Å². The number of benzene rings is 1. The molecule has 0 amide bonds. The number of ether oxygens (including phenoxy) is 1. The Morgan fingerprint density at radius 2 is 1.89 bits per heavy atom. The second-order valence-electron chi connectivity index (χ2n) is 3.70. The number of halogens is 1. The average molecular weight is 346 g/mol. The fourth-order valence-electron chi connectivity index (χ4n) is 1.51. The Balaban J connectivity index is 3.24. The van der Waals surface area contributed by atoms with E-state index in [0.29, 0.717) is 10.2 Å². The molecule has 0 N–H and O–H groups in total. The van der Waals surface area contributed by atoms with E-state index < -0.39 is 10.0 Å². The Morgan fingerprint density at radius 1 is 1.32 bits per heavy atom. The van der Waals surface area contributed by atoms with Crippen molar-refractivity contribution in [3.63, 3.8) is 0 Å². The van der Waals surface area contributed by atoms with Gasteiger partial charge in [-0.2, -0.15) is 4.31 Å². The van der Waals surface area contributed by atoms with Gasteiger partial charge in [0.15, 0.2) is 0 Å². The molecular weight excluding hydrogens is 330 g/mol. The molecule has 0 radical (unpaired) electrons. The summed E-state index contributed by atoms with van der Waals surface area (Å²) in [5.41, 5.74) is 0. The Morgan fingerprint density at radius 3 is 2.37 bits per heavy atom. The molecule has 0 aliphatic carbocycles. The molecule has 19 heavy (non-hydrogen) atoms. The molecule has 0 heterocycles. The van der Waals surface area contributed by atoms with Crippen LogP contribution in [0.5, 0.6) is 5.75 Å². The Kier molecular flexibility index (Phi) is 5.78. The van der Waals surface area contributed by atoms with Crippen LogP contribution in [0.3, 0.4) is 0 Å². The van der Waals surface area contributed by atoms with Gasteiger partial charge in [-0.15, -0.1) is 13.2 Å². The standard InChI is InChI=1S/C13H16BrNO3S/c1-4-8-15(9-5-2)19(16,17)11-6-7-12(14)13(10-11)18-3/h4-7,10H,1-2,8-9H2,3H3. The first-order valence-electron chi connectivity index (χ1n) is 5.52. The molecule has 1 rings (SSSR count). The van der Waals surface area contributed by atoms with Gasteiger partial charge in [0, 0.05) is 19.2 Å². The average Bonchev–Trinajstić information content (AvgIpc) is 2.38. The molecule has 0 saturated heterocycles. The summed E-state index contributed by atoms with van der Waals surface area (Å²) in [6, 6.07) is 4.66. The van der Waals surface area contributed by atoms with Crippen LogP contribution in [0.25, 0.3) is 0 Å². The van der Waals surface area contributed by atoms with Crippen molar-refractivity contribution in [2.24, 2.45) is 0 Å². The zero-order chi connectivity index (χ0) is 14.5. The SMILES string of the molecule is C=CCN(CC=C)S(=O)(=O)c1ccc(Br)c(OC)c1. The minimum absolute atomic E-state index is 0.177. The summed E-state index contributed by atoms with van der Waals surface area (Å²) >= 11 is 3.29. The van der Waals surface area contributed by atoms with Gasteiger partial charge in [-0.1, -0.05) is 12.2 Å². The molecule has 0 aliphatic heterocycles. The van der Waals surface area contributed by atoms with Crippen LogP contribution in [-0.4, -0.2) is 32.9 Å². The van der Waals surface area contributed by atoms with E-state index in [-0.39, 0.29) is 18.0 Å². The largest absolute Gasteiger partial charge is 0.496 e. The van der Waals surface area contributed by atoms with E-state index >= 15 is 0 Å². The van der Waals surface area contributed by atoms with Gasteiger partial charge in [0.1, 0.15) is 5.75 Å². The molecule has 0 spiro atoms. The third-order valence-corrected chi connectivity index (χ3v) is 4.91. The van der Waals surface area contributed by atoms with Crippen molar-refractivity contribution in [2.45, 2.75) is 4.90 Å². The summed E-state index contributed by atoms with van der Waals surface area (Å²) in [5, 5.41) is 0. The maximum absolute atomic E-state index is 12.5. The van der Waals surface area contributed by atoms with Crippen LogP contribution < -0.4 is 4.74 Å². The molecule has 0 saturated carbocycles. The lowest BCUT2D eigenvalue weighted by Gasteiger charge is -2.19. The van der Waals surface area contributed by atoms with Gasteiger partial charge in [0.05, 0.1) is 16.5 Å². The highest BCUT2D eigenvalue weighted by atomic mass is 79.9. The van der Waals surface area contributed by atoms with Gasteiger partial charge in [0.2, 0.25) is 10.0 Å². The van der Waals surface area contributed by atoms with E-state index in [0.717, 1.165) is 0 Å². The molecule has 0 fully saturated rings. The highest BCUT2D eigenvalue weighted by molar-refractivity contribution is 9.10. The second-order valence-corrected chi connectivity index (χ2v) is 6.49. The molecule has 0 aliphatic rings. The van der Waals surface area contributed by atoms with Gasteiger partial charge in [-0.25, -0.2) is 8.42 Å². The molecule has 0 unspecified atom stereocenters. The van der Waals surface area contributed by atoms with E-state index in [1.54, 1.807) is 6.07 Å². The zero-order valence-electron chi connectivity index (χ0n) is 10.7. The highest BCUT2D eigenvalue weighted by Crippen LogP contribution is 2.28. The van der Waals surface area contributed by atoms with Gasteiger partial charge in [-0.05, 0) is 28.1 Å². The minimum Gasteiger partial charge on any atom is -0.496 e. The van der Waals surface area contributed by atoms with Crippen LogP contribution in [-0.2, 0) is 10.0 Å². The van der Waals surface area contributed by atoms with Gasteiger partial charge >= 0.3 is 0 Å². The summed E-state index contributed by atoms with van der Waals surface area (Å²) in [5.74, 6) is 0.471. The zero-order valence-corrected chi connectivity index (χ0v) is 13.1. The molecule has 0 atom stereocenters. The van der Waals surface area contributed by atoms with Crippen molar-refractivity contribution in [1.29, 1.82) is 0 Å². The maximum atomic E-state index is 12.5. The first-order chi connectivity index (χ1) is 8.97. The van der Waals surface area contributed by atoms with Crippen molar-refractivity contribution in [1.82, 2.24) is 4.31 Å². The Labute approximate surface area is 122 Å². The van der Waals surface area contributed by atoms with E-state index in [2.05, 4.69) is 29.1 Å². The lowest BCUT2D eigenvalue weighted by molar-refractivity contribution is 0.410. The van der Waals surface area contributed by atoms with E-state index in [1.807, 2.05) is 0 Å². The number of sulfonamides is 1. The van der Waals surface area contributed by atoms with Crippen LogP contribution in [0.15, 0.2) is 52.9 Å². The first-order valence-corrected chi connectivity index (χ1v) is 7.76. The number of hydrogen-bond acceptors (Lipinski definition) is 3. The lowest BCUT2D eigenvalue weighted by atomic mass is 10.3. The molecule has 0 bridgehead atoms. The number of nitrogens with zero attached hydrogens (tertiary/aromatic N) is 1. The summed E-state index contributed by atoms with van der Waals surface area (Å²) in [4.78, 5) is 0.177. The van der Waals surface area contributed by atoms with Crippen LogP contribution in [0, 0.1) is 0 Å². The van der Waals surface area contributed by atoms with Crippen molar-refractivity contribution in [3.05, 3.63) is 48.0 Å².